The van der Waals surface area contributed by atoms with E-state index in [4.69, 9.17) is 4.74 Å². The van der Waals surface area contributed by atoms with Crippen molar-refractivity contribution in [1.29, 1.82) is 0 Å². The number of aryl methyl sites for hydroxylation is 1. The minimum atomic E-state index is -0.0791. The highest BCUT2D eigenvalue weighted by atomic mass is 16.5. The van der Waals surface area contributed by atoms with Crippen LogP contribution in [0.5, 0.6) is 0 Å². The van der Waals surface area contributed by atoms with Crippen molar-refractivity contribution in [1.82, 2.24) is 9.88 Å². The average molecular weight is 348 g/mol. The number of carbonyl (C=O) groups is 1. The van der Waals surface area contributed by atoms with Gasteiger partial charge in [-0.05, 0) is 54.8 Å². The van der Waals surface area contributed by atoms with Gasteiger partial charge in [-0.1, -0.05) is 30.3 Å². The monoisotopic (exact) mass is 348 g/mol. The van der Waals surface area contributed by atoms with Gasteiger partial charge in [0.15, 0.2) is 0 Å². The molecule has 0 bridgehead atoms. The van der Waals surface area contributed by atoms with Crippen LogP contribution in [0, 0.1) is 6.92 Å². The van der Waals surface area contributed by atoms with Crippen molar-refractivity contribution in [2.75, 3.05) is 6.61 Å². The van der Waals surface area contributed by atoms with Gasteiger partial charge in [0.25, 0.3) is 5.91 Å². The van der Waals surface area contributed by atoms with E-state index in [1.165, 1.54) is 0 Å². The molecule has 1 heterocycles. The molecule has 0 fully saturated rings. The summed E-state index contributed by atoms with van der Waals surface area (Å²) in [7, 11) is 0. The van der Waals surface area contributed by atoms with Crippen molar-refractivity contribution in [2.45, 2.75) is 27.0 Å². The number of amides is 1. The number of benzene rings is 2. The first kappa shape index (κ1) is 18.0. The number of ether oxygens (including phenoxy) is 1. The Kier molecular flexibility index (Phi) is 5.87. The van der Waals surface area contributed by atoms with E-state index in [1.54, 1.807) is 0 Å². The highest BCUT2D eigenvalue weighted by Crippen LogP contribution is 2.17. The van der Waals surface area contributed by atoms with Crippen LogP contribution >= 0.6 is 0 Å². The van der Waals surface area contributed by atoms with Crippen LogP contribution in [0.25, 0.3) is 5.69 Å². The van der Waals surface area contributed by atoms with Gasteiger partial charge in [0.05, 0.1) is 6.61 Å². The zero-order chi connectivity index (χ0) is 18.4. The molecule has 0 spiro atoms. The molecule has 0 aliphatic carbocycles. The number of carbonyl (C=O) groups excluding carboxylic acids is 1. The maximum atomic E-state index is 12.6. The summed E-state index contributed by atoms with van der Waals surface area (Å²) in [5, 5.41) is 3.02. The summed E-state index contributed by atoms with van der Waals surface area (Å²) in [6.07, 6.45) is 3.96. The molecule has 4 heteroatoms. The molecular formula is C22H24N2O2. The minimum absolute atomic E-state index is 0.0791. The molecule has 0 atom stereocenters. The molecule has 1 N–H and O–H groups in total. The molecule has 0 saturated heterocycles. The summed E-state index contributed by atoms with van der Waals surface area (Å²) in [5.41, 5.74) is 4.97. The van der Waals surface area contributed by atoms with E-state index in [1.807, 2.05) is 85.4 Å². The summed E-state index contributed by atoms with van der Waals surface area (Å²) in [5.74, 6) is -0.0791. The number of nitrogens with one attached hydrogen (secondary N) is 1. The van der Waals surface area contributed by atoms with E-state index in [0.717, 1.165) is 22.4 Å². The number of rotatable bonds is 7. The van der Waals surface area contributed by atoms with Gasteiger partial charge >= 0.3 is 0 Å². The largest absolute Gasteiger partial charge is 0.377 e. The van der Waals surface area contributed by atoms with Crippen LogP contribution in [0.1, 0.15) is 34.0 Å². The summed E-state index contributed by atoms with van der Waals surface area (Å²) in [6.45, 7) is 5.73. The van der Waals surface area contributed by atoms with Crippen molar-refractivity contribution < 1.29 is 9.53 Å². The Labute approximate surface area is 154 Å². The number of hydrogen-bond acceptors (Lipinski definition) is 2. The third kappa shape index (κ3) is 4.21. The van der Waals surface area contributed by atoms with Gasteiger partial charge in [-0.25, -0.2) is 0 Å². The van der Waals surface area contributed by atoms with Crippen molar-refractivity contribution in [2.24, 2.45) is 0 Å². The smallest absolute Gasteiger partial charge is 0.251 e. The predicted octanol–water partition coefficient (Wildman–Crippen LogP) is 4.25. The Morgan fingerprint density at radius 1 is 1.04 bits per heavy atom. The maximum absolute atomic E-state index is 12.6. The Bertz CT molecular complexity index is 870. The fourth-order valence-corrected chi connectivity index (χ4v) is 2.88. The van der Waals surface area contributed by atoms with Crippen LogP contribution < -0.4 is 5.32 Å². The molecule has 0 aliphatic rings. The molecule has 3 rings (SSSR count). The maximum Gasteiger partial charge on any atom is 0.251 e. The first-order valence-corrected chi connectivity index (χ1v) is 8.85. The highest BCUT2D eigenvalue weighted by molar-refractivity contribution is 5.94. The number of aromatic nitrogens is 1. The van der Waals surface area contributed by atoms with Crippen LogP contribution in [0.2, 0.25) is 0 Å². The van der Waals surface area contributed by atoms with Crippen molar-refractivity contribution in [3.63, 3.8) is 0 Å². The molecule has 1 amide bonds. The van der Waals surface area contributed by atoms with Crippen LogP contribution in [-0.4, -0.2) is 17.1 Å². The number of nitrogens with zero attached hydrogens (tertiary/aromatic N) is 1. The molecule has 4 nitrogen and oxygen atoms in total. The first-order chi connectivity index (χ1) is 12.7. The summed E-state index contributed by atoms with van der Waals surface area (Å²) in [4.78, 5) is 12.6. The SMILES string of the molecule is CCOCc1ccccc1CNC(=O)c1ccc(C)c(-n2cccc2)c1. The summed E-state index contributed by atoms with van der Waals surface area (Å²) < 4.78 is 7.52. The lowest BCUT2D eigenvalue weighted by atomic mass is 10.1. The Balaban J connectivity index is 1.72. The van der Waals surface area contributed by atoms with Crippen LogP contribution in [0.15, 0.2) is 67.0 Å². The standard InChI is InChI=1S/C22H24N2O2/c1-3-26-16-20-9-5-4-8-19(20)15-23-22(25)18-11-10-17(2)21(14-18)24-12-6-7-13-24/h4-14H,3,15-16H2,1-2H3,(H,23,25). The molecule has 0 unspecified atom stereocenters. The molecule has 26 heavy (non-hydrogen) atoms. The second-order valence-corrected chi connectivity index (χ2v) is 6.18. The van der Waals surface area contributed by atoms with Crippen LogP contribution in [-0.2, 0) is 17.9 Å². The molecule has 2 aromatic carbocycles. The van der Waals surface area contributed by atoms with Gasteiger partial charge in [0.1, 0.15) is 0 Å². The highest BCUT2D eigenvalue weighted by Gasteiger charge is 2.10. The lowest BCUT2D eigenvalue weighted by Crippen LogP contribution is -2.23. The summed E-state index contributed by atoms with van der Waals surface area (Å²) in [6, 6.07) is 17.7. The van der Waals surface area contributed by atoms with E-state index < -0.39 is 0 Å². The van der Waals surface area contributed by atoms with Gasteiger partial charge in [-0.2, -0.15) is 0 Å². The molecule has 134 valence electrons. The summed E-state index contributed by atoms with van der Waals surface area (Å²) >= 11 is 0. The average Bonchev–Trinajstić information content (AvgIpc) is 3.20. The number of hydrogen-bond donors (Lipinski definition) is 1. The quantitative estimate of drug-likeness (QED) is 0.693. The lowest BCUT2D eigenvalue weighted by molar-refractivity contribution is 0.0949. The van der Waals surface area contributed by atoms with E-state index in [9.17, 15) is 4.79 Å². The van der Waals surface area contributed by atoms with Gasteiger partial charge in [0.2, 0.25) is 0 Å². The van der Waals surface area contributed by atoms with E-state index in [-0.39, 0.29) is 5.91 Å². The predicted molar refractivity (Wildman–Crippen MR) is 103 cm³/mol. The van der Waals surface area contributed by atoms with Crippen molar-refractivity contribution in [3.05, 3.63) is 89.2 Å². The van der Waals surface area contributed by atoms with E-state index in [0.29, 0.717) is 25.3 Å². The molecule has 0 saturated carbocycles. The third-order valence-corrected chi connectivity index (χ3v) is 4.37. The Morgan fingerprint density at radius 3 is 2.50 bits per heavy atom. The second kappa shape index (κ2) is 8.50. The fourth-order valence-electron chi connectivity index (χ4n) is 2.88. The fraction of sp³-hybridized carbons (Fsp3) is 0.227. The van der Waals surface area contributed by atoms with E-state index >= 15 is 0 Å². The molecule has 0 radical (unpaired) electrons. The van der Waals surface area contributed by atoms with Crippen molar-refractivity contribution in [3.8, 4) is 5.69 Å². The Hall–Kier alpha value is -2.85. The second-order valence-electron chi connectivity index (χ2n) is 6.18. The first-order valence-electron chi connectivity index (χ1n) is 8.85. The molecule has 3 aromatic rings. The Morgan fingerprint density at radius 2 is 1.77 bits per heavy atom. The minimum Gasteiger partial charge on any atom is -0.377 e. The van der Waals surface area contributed by atoms with Gasteiger partial charge < -0.3 is 14.6 Å². The van der Waals surface area contributed by atoms with Crippen LogP contribution in [0.3, 0.4) is 0 Å². The van der Waals surface area contributed by atoms with Gasteiger partial charge in [0, 0.05) is 36.8 Å². The molecule has 1 aromatic heterocycles. The molecule has 0 aliphatic heterocycles. The van der Waals surface area contributed by atoms with Crippen molar-refractivity contribution >= 4 is 5.91 Å². The van der Waals surface area contributed by atoms with Crippen LogP contribution in [0.4, 0.5) is 0 Å². The zero-order valence-electron chi connectivity index (χ0n) is 15.2. The zero-order valence-corrected chi connectivity index (χ0v) is 15.2. The third-order valence-electron chi connectivity index (χ3n) is 4.37. The topological polar surface area (TPSA) is 43.3 Å². The lowest BCUT2D eigenvalue weighted by Gasteiger charge is -2.12. The van der Waals surface area contributed by atoms with E-state index in [2.05, 4.69) is 5.32 Å². The molecular weight excluding hydrogens is 324 g/mol. The van der Waals surface area contributed by atoms with Gasteiger partial charge in [-0.15, -0.1) is 0 Å². The normalized spacial score (nSPS) is 10.7. The van der Waals surface area contributed by atoms with Gasteiger partial charge in [-0.3, -0.25) is 4.79 Å².